The van der Waals surface area contributed by atoms with Gasteiger partial charge in [-0.05, 0) is 40.4 Å². The molecule has 1 fully saturated rings. The molecule has 1 aromatic carbocycles. The van der Waals surface area contributed by atoms with Crippen LogP contribution in [0.25, 0.3) is 0 Å². The van der Waals surface area contributed by atoms with Gasteiger partial charge in [-0.3, -0.25) is 0 Å². The third-order valence-corrected chi connectivity index (χ3v) is 5.12. The molecule has 0 amide bonds. The Labute approximate surface area is 143 Å². The number of hydrogen-bond acceptors (Lipinski definition) is 3. The summed E-state index contributed by atoms with van der Waals surface area (Å²) in [4.78, 5) is 11.9. The number of benzene rings is 1. The first kappa shape index (κ1) is 16.8. The molecule has 0 bridgehead atoms. The van der Waals surface area contributed by atoms with Crippen molar-refractivity contribution in [2.24, 2.45) is 5.92 Å². The Hall–Kier alpha value is -0.550. The quantitative estimate of drug-likeness (QED) is 0.652. The fourth-order valence-corrected chi connectivity index (χ4v) is 4.27. The minimum atomic E-state index is -0.322. The Kier molecular flexibility index (Phi) is 6.55. The average molecular weight is 419 g/mol. The first-order chi connectivity index (χ1) is 10.1. The molecule has 0 unspecified atom stereocenters. The Balaban J connectivity index is 2.02. The summed E-state index contributed by atoms with van der Waals surface area (Å²) in [5, 5.41) is 3.40. The van der Waals surface area contributed by atoms with Gasteiger partial charge in [0, 0.05) is 15.5 Å². The molecule has 0 saturated heterocycles. The summed E-state index contributed by atoms with van der Waals surface area (Å²) in [6.45, 7) is 0.884. The lowest BCUT2D eigenvalue weighted by atomic mass is 9.87. The highest BCUT2D eigenvalue weighted by molar-refractivity contribution is 9.11. The smallest absolute Gasteiger partial charge is 0.340 e. The minimum absolute atomic E-state index is 0.322. The molecule has 21 heavy (non-hydrogen) atoms. The molecule has 116 valence electrons. The first-order valence-corrected chi connectivity index (χ1v) is 9.01. The third-order valence-electron chi connectivity index (χ3n) is 4.04. The van der Waals surface area contributed by atoms with Crippen molar-refractivity contribution >= 4 is 43.5 Å². The van der Waals surface area contributed by atoms with Gasteiger partial charge in [-0.2, -0.15) is 0 Å². The molecule has 0 spiro atoms. The van der Waals surface area contributed by atoms with Gasteiger partial charge in [0.25, 0.3) is 0 Å². The van der Waals surface area contributed by atoms with Crippen molar-refractivity contribution in [2.75, 3.05) is 19.0 Å². The zero-order chi connectivity index (χ0) is 15.2. The van der Waals surface area contributed by atoms with Crippen molar-refractivity contribution in [2.45, 2.75) is 38.5 Å². The highest BCUT2D eigenvalue weighted by Gasteiger charge is 2.17. The average Bonchev–Trinajstić information content (AvgIpc) is 2.49. The lowest BCUT2D eigenvalue weighted by molar-refractivity contribution is 0.0601. The van der Waals surface area contributed by atoms with E-state index >= 15 is 0 Å². The molecule has 0 aromatic heterocycles. The lowest BCUT2D eigenvalue weighted by Gasteiger charge is -2.22. The van der Waals surface area contributed by atoms with Crippen LogP contribution >= 0.6 is 31.9 Å². The van der Waals surface area contributed by atoms with Crippen molar-refractivity contribution in [3.63, 3.8) is 0 Å². The number of anilines is 1. The van der Waals surface area contributed by atoms with Gasteiger partial charge in [0.15, 0.2) is 0 Å². The van der Waals surface area contributed by atoms with E-state index in [2.05, 4.69) is 37.2 Å². The molecule has 1 N–H and O–H groups in total. The summed E-state index contributed by atoms with van der Waals surface area (Å²) in [5.41, 5.74) is 1.38. The van der Waals surface area contributed by atoms with Gasteiger partial charge in [-0.1, -0.05) is 48.0 Å². The maximum absolute atomic E-state index is 11.9. The van der Waals surface area contributed by atoms with E-state index in [4.69, 9.17) is 4.74 Å². The number of hydrogen-bond donors (Lipinski definition) is 1. The van der Waals surface area contributed by atoms with Crippen LogP contribution in [0.3, 0.4) is 0 Å². The predicted molar refractivity (Wildman–Crippen MR) is 92.9 cm³/mol. The molecule has 0 atom stereocenters. The van der Waals surface area contributed by atoms with E-state index in [1.807, 2.05) is 6.07 Å². The summed E-state index contributed by atoms with van der Waals surface area (Å²) in [5.74, 6) is 0.499. The lowest BCUT2D eigenvalue weighted by Crippen LogP contribution is -2.14. The second kappa shape index (κ2) is 8.18. The standard InChI is InChI=1S/C16H21Br2NO2/c1-21-16(20)13-9-12(17)10-14(18)15(13)19-8-7-11-5-3-2-4-6-11/h9-11,19H,2-8H2,1H3. The molecule has 0 radical (unpaired) electrons. The SMILES string of the molecule is COC(=O)c1cc(Br)cc(Br)c1NCCC1CCCCC1. The number of esters is 1. The van der Waals surface area contributed by atoms with Crippen molar-refractivity contribution in [1.82, 2.24) is 0 Å². The molecular formula is C16H21Br2NO2. The van der Waals surface area contributed by atoms with Crippen LogP contribution in [-0.4, -0.2) is 19.6 Å². The molecule has 1 aliphatic rings. The van der Waals surface area contributed by atoms with Crippen LogP contribution in [0.4, 0.5) is 5.69 Å². The van der Waals surface area contributed by atoms with Crippen LogP contribution in [0.1, 0.15) is 48.9 Å². The Morgan fingerprint density at radius 1 is 1.29 bits per heavy atom. The fourth-order valence-electron chi connectivity index (χ4n) is 2.90. The zero-order valence-corrected chi connectivity index (χ0v) is 15.4. The maximum Gasteiger partial charge on any atom is 0.340 e. The third kappa shape index (κ3) is 4.71. The number of rotatable bonds is 5. The van der Waals surface area contributed by atoms with Crippen LogP contribution < -0.4 is 5.32 Å². The highest BCUT2D eigenvalue weighted by atomic mass is 79.9. The highest BCUT2D eigenvalue weighted by Crippen LogP contribution is 2.32. The van der Waals surface area contributed by atoms with E-state index < -0.39 is 0 Å². The summed E-state index contributed by atoms with van der Waals surface area (Å²) < 4.78 is 6.59. The van der Waals surface area contributed by atoms with E-state index in [0.717, 1.165) is 33.5 Å². The molecule has 0 aliphatic heterocycles. The largest absolute Gasteiger partial charge is 0.465 e. The summed E-state index contributed by atoms with van der Waals surface area (Å²) in [7, 11) is 1.41. The number of carbonyl (C=O) groups is 1. The van der Waals surface area contributed by atoms with E-state index in [0.29, 0.717) is 5.56 Å². The van der Waals surface area contributed by atoms with Gasteiger partial charge in [-0.15, -0.1) is 0 Å². The Morgan fingerprint density at radius 2 is 2.00 bits per heavy atom. The van der Waals surface area contributed by atoms with E-state index in [9.17, 15) is 4.79 Å². The molecule has 2 rings (SSSR count). The van der Waals surface area contributed by atoms with Crippen molar-refractivity contribution < 1.29 is 9.53 Å². The molecule has 1 aromatic rings. The second-order valence-corrected chi connectivity index (χ2v) is 7.29. The molecule has 0 heterocycles. The molecular weight excluding hydrogens is 398 g/mol. The van der Waals surface area contributed by atoms with Crippen molar-refractivity contribution in [3.05, 3.63) is 26.6 Å². The number of nitrogens with one attached hydrogen (secondary N) is 1. The predicted octanol–water partition coefficient (Wildman–Crippen LogP) is 5.38. The normalized spacial score (nSPS) is 15.8. The maximum atomic E-state index is 11.9. The van der Waals surface area contributed by atoms with Crippen LogP contribution in [0.2, 0.25) is 0 Å². The van der Waals surface area contributed by atoms with Crippen molar-refractivity contribution in [1.29, 1.82) is 0 Å². The van der Waals surface area contributed by atoms with Gasteiger partial charge < -0.3 is 10.1 Å². The number of methoxy groups -OCH3 is 1. The molecule has 1 aliphatic carbocycles. The molecule has 5 heteroatoms. The zero-order valence-electron chi connectivity index (χ0n) is 12.3. The van der Waals surface area contributed by atoms with Crippen molar-refractivity contribution in [3.8, 4) is 0 Å². The summed E-state index contributed by atoms with van der Waals surface area (Å²) >= 11 is 6.93. The van der Waals surface area contributed by atoms with E-state index in [1.165, 1.54) is 39.2 Å². The summed E-state index contributed by atoms with van der Waals surface area (Å²) in [6, 6.07) is 3.73. The monoisotopic (exact) mass is 417 g/mol. The van der Waals surface area contributed by atoms with Gasteiger partial charge in [0.1, 0.15) is 0 Å². The van der Waals surface area contributed by atoms with Gasteiger partial charge in [0.2, 0.25) is 0 Å². The van der Waals surface area contributed by atoms with Crippen LogP contribution in [-0.2, 0) is 4.74 Å². The van der Waals surface area contributed by atoms with Gasteiger partial charge in [-0.25, -0.2) is 4.79 Å². The minimum Gasteiger partial charge on any atom is -0.465 e. The Bertz CT molecular complexity index is 499. The van der Waals surface area contributed by atoms with E-state index in [1.54, 1.807) is 6.07 Å². The summed E-state index contributed by atoms with van der Waals surface area (Å²) in [6.07, 6.45) is 7.94. The van der Waals surface area contributed by atoms with E-state index in [-0.39, 0.29) is 5.97 Å². The van der Waals surface area contributed by atoms with Crippen LogP contribution in [0.15, 0.2) is 21.1 Å². The van der Waals surface area contributed by atoms with Crippen LogP contribution in [0.5, 0.6) is 0 Å². The Morgan fingerprint density at radius 3 is 2.67 bits per heavy atom. The van der Waals surface area contributed by atoms with Crippen LogP contribution in [0, 0.1) is 5.92 Å². The van der Waals surface area contributed by atoms with Gasteiger partial charge >= 0.3 is 5.97 Å². The first-order valence-electron chi connectivity index (χ1n) is 7.43. The topological polar surface area (TPSA) is 38.3 Å². The molecule has 3 nitrogen and oxygen atoms in total. The fraction of sp³-hybridized carbons (Fsp3) is 0.562. The number of halogens is 2. The molecule has 1 saturated carbocycles. The second-order valence-electron chi connectivity index (χ2n) is 5.52. The van der Waals surface area contributed by atoms with Gasteiger partial charge in [0.05, 0.1) is 18.4 Å². The number of carbonyl (C=O) groups excluding carboxylic acids is 1. The number of ether oxygens (including phenoxy) is 1.